The molecule has 8 heteroatoms. The third kappa shape index (κ3) is 10.4. The number of nitrogens with one attached hydrogen (secondary N) is 3. The van der Waals surface area contributed by atoms with Crippen LogP contribution in [0.2, 0.25) is 0 Å². The fourth-order valence-electron chi connectivity index (χ4n) is 2.09. The van der Waals surface area contributed by atoms with E-state index in [1.165, 1.54) is 0 Å². The third-order valence-corrected chi connectivity index (χ3v) is 3.64. The first-order chi connectivity index (χ1) is 13.1. The fourth-order valence-corrected chi connectivity index (χ4v) is 2.09. The molecule has 3 N–H and O–H groups in total. The summed E-state index contributed by atoms with van der Waals surface area (Å²) < 4.78 is 10.5. The summed E-state index contributed by atoms with van der Waals surface area (Å²) in [4.78, 5) is 34.9. The molecule has 0 aliphatic rings. The number of hydrogen-bond acceptors (Lipinski definition) is 5. The molecule has 8 nitrogen and oxygen atoms in total. The summed E-state index contributed by atoms with van der Waals surface area (Å²) >= 11 is 0. The Labute approximate surface area is 166 Å². The number of alkyl carbamates (subject to hydrolysis) is 1. The van der Waals surface area contributed by atoms with Crippen molar-refractivity contribution in [3.05, 3.63) is 29.3 Å². The summed E-state index contributed by atoms with van der Waals surface area (Å²) in [5, 5.41) is 7.84. The number of hydrogen-bond donors (Lipinski definition) is 3. The first-order valence-electron chi connectivity index (χ1n) is 9.27. The van der Waals surface area contributed by atoms with Gasteiger partial charge >= 0.3 is 6.09 Å². The van der Waals surface area contributed by atoms with E-state index >= 15 is 0 Å². The maximum absolute atomic E-state index is 11.8. The smallest absolute Gasteiger partial charge is 0.407 e. The molecule has 0 aliphatic carbocycles. The van der Waals surface area contributed by atoms with Gasteiger partial charge in [0.15, 0.2) is 6.61 Å². The monoisotopic (exact) mass is 393 g/mol. The minimum absolute atomic E-state index is 0.0870. The zero-order chi connectivity index (χ0) is 21.2. The Morgan fingerprint density at radius 2 is 1.54 bits per heavy atom. The number of carbonyl (C=O) groups excluding carboxylic acids is 3. The molecule has 0 bridgehead atoms. The maximum Gasteiger partial charge on any atom is 0.407 e. The molecule has 0 aliphatic heterocycles. The zero-order valence-electron chi connectivity index (χ0n) is 17.3. The highest BCUT2D eigenvalue weighted by molar-refractivity contribution is 5.78. The van der Waals surface area contributed by atoms with Crippen LogP contribution in [0.3, 0.4) is 0 Å². The standard InChI is InChI=1S/C20H31N3O5/c1-14-6-7-16(12-15(14)2)27-13-18(25)22-11-10-21-17(24)8-9-23-19(26)28-20(3,4)5/h6-7,12H,8-11,13H2,1-5H3,(H,21,24)(H,22,25)(H,23,26). The van der Waals surface area contributed by atoms with Crippen molar-refractivity contribution in [3.63, 3.8) is 0 Å². The van der Waals surface area contributed by atoms with Crippen LogP contribution in [0.1, 0.15) is 38.3 Å². The van der Waals surface area contributed by atoms with Gasteiger partial charge in [-0.3, -0.25) is 9.59 Å². The summed E-state index contributed by atoms with van der Waals surface area (Å²) in [5.41, 5.74) is 1.68. The van der Waals surface area contributed by atoms with E-state index in [-0.39, 0.29) is 31.4 Å². The number of benzene rings is 1. The van der Waals surface area contributed by atoms with Gasteiger partial charge < -0.3 is 25.4 Å². The molecule has 0 saturated carbocycles. The van der Waals surface area contributed by atoms with Gasteiger partial charge in [0.05, 0.1) is 0 Å². The lowest BCUT2D eigenvalue weighted by molar-refractivity contribution is -0.124. The molecule has 0 radical (unpaired) electrons. The number of rotatable bonds is 9. The number of aryl methyl sites for hydroxylation is 2. The summed E-state index contributed by atoms with van der Waals surface area (Å²) in [7, 11) is 0. The van der Waals surface area contributed by atoms with Gasteiger partial charge in [0.1, 0.15) is 11.4 Å². The Morgan fingerprint density at radius 3 is 2.14 bits per heavy atom. The molecule has 0 unspecified atom stereocenters. The van der Waals surface area contributed by atoms with E-state index < -0.39 is 11.7 Å². The van der Waals surface area contributed by atoms with Gasteiger partial charge in [0.2, 0.25) is 5.91 Å². The van der Waals surface area contributed by atoms with Gasteiger partial charge in [-0.05, 0) is 57.9 Å². The van der Waals surface area contributed by atoms with E-state index in [0.29, 0.717) is 18.8 Å². The Morgan fingerprint density at radius 1 is 0.893 bits per heavy atom. The molecule has 0 fully saturated rings. The lowest BCUT2D eigenvalue weighted by atomic mass is 10.1. The molecule has 3 amide bonds. The topological polar surface area (TPSA) is 106 Å². The van der Waals surface area contributed by atoms with E-state index in [2.05, 4.69) is 16.0 Å². The molecule has 28 heavy (non-hydrogen) atoms. The summed E-state index contributed by atoms with van der Waals surface area (Å²) in [6.07, 6.45) is -0.431. The summed E-state index contributed by atoms with van der Waals surface area (Å²) in [5.74, 6) is 0.153. The summed E-state index contributed by atoms with van der Waals surface area (Å²) in [6, 6.07) is 5.64. The highest BCUT2D eigenvalue weighted by Gasteiger charge is 2.15. The number of ether oxygens (including phenoxy) is 2. The van der Waals surface area contributed by atoms with Crippen molar-refractivity contribution in [2.75, 3.05) is 26.2 Å². The number of carbonyl (C=O) groups is 3. The normalized spacial score (nSPS) is 10.8. The minimum atomic E-state index is -0.577. The van der Waals surface area contributed by atoms with Crippen molar-refractivity contribution in [1.82, 2.24) is 16.0 Å². The molecule has 0 aromatic heterocycles. The first-order valence-corrected chi connectivity index (χ1v) is 9.27. The van der Waals surface area contributed by atoms with Crippen LogP contribution in [-0.4, -0.2) is 49.7 Å². The van der Waals surface area contributed by atoms with Gasteiger partial charge in [-0.25, -0.2) is 4.79 Å². The molecule has 156 valence electrons. The van der Waals surface area contributed by atoms with Crippen LogP contribution in [0.5, 0.6) is 5.75 Å². The van der Waals surface area contributed by atoms with E-state index in [1.54, 1.807) is 20.8 Å². The maximum atomic E-state index is 11.8. The molecule has 0 spiro atoms. The predicted octanol–water partition coefficient (Wildman–Crippen LogP) is 1.83. The van der Waals surface area contributed by atoms with Crippen LogP contribution in [0.4, 0.5) is 4.79 Å². The van der Waals surface area contributed by atoms with Crippen molar-refractivity contribution >= 4 is 17.9 Å². The predicted molar refractivity (Wildman–Crippen MR) is 106 cm³/mol. The highest BCUT2D eigenvalue weighted by atomic mass is 16.6. The SMILES string of the molecule is Cc1ccc(OCC(=O)NCCNC(=O)CCNC(=O)OC(C)(C)C)cc1C. The largest absolute Gasteiger partial charge is 0.484 e. The van der Waals surface area contributed by atoms with E-state index in [0.717, 1.165) is 11.1 Å². The first kappa shape index (κ1) is 23.3. The molecule has 0 atom stereocenters. The molecule has 0 heterocycles. The van der Waals surface area contributed by atoms with Crippen molar-refractivity contribution in [2.45, 2.75) is 46.6 Å². The van der Waals surface area contributed by atoms with Crippen LogP contribution >= 0.6 is 0 Å². The quantitative estimate of drug-likeness (QED) is 0.555. The average Bonchev–Trinajstić information content (AvgIpc) is 2.58. The Hall–Kier alpha value is -2.77. The van der Waals surface area contributed by atoms with Crippen LogP contribution in [0.25, 0.3) is 0 Å². The molecule has 1 aromatic rings. The second-order valence-corrected chi connectivity index (χ2v) is 7.41. The molecular formula is C20H31N3O5. The highest BCUT2D eigenvalue weighted by Crippen LogP contribution is 2.16. The van der Waals surface area contributed by atoms with Crippen molar-refractivity contribution in [1.29, 1.82) is 0 Å². The van der Waals surface area contributed by atoms with Gasteiger partial charge in [0.25, 0.3) is 5.91 Å². The van der Waals surface area contributed by atoms with Crippen molar-refractivity contribution < 1.29 is 23.9 Å². The van der Waals surface area contributed by atoms with Crippen LogP contribution in [0.15, 0.2) is 18.2 Å². The molecular weight excluding hydrogens is 362 g/mol. The second kappa shape index (κ2) is 11.2. The van der Waals surface area contributed by atoms with Gasteiger partial charge in [-0.1, -0.05) is 6.07 Å². The lowest BCUT2D eigenvalue weighted by Crippen LogP contribution is -2.38. The fraction of sp³-hybridized carbons (Fsp3) is 0.550. The van der Waals surface area contributed by atoms with Gasteiger partial charge in [-0.2, -0.15) is 0 Å². The Balaban J connectivity index is 2.10. The molecule has 1 aromatic carbocycles. The van der Waals surface area contributed by atoms with Crippen molar-refractivity contribution in [2.24, 2.45) is 0 Å². The average molecular weight is 393 g/mol. The van der Waals surface area contributed by atoms with Crippen molar-refractivity contribution in [3.8, 4) is 5.75 Å². The van der Waals surface area contributed by atoms with E-state index in [9.17, 15) is 14.4 Å². The third-order valence-electron chi connectivity index (χ3n) is 3.64. The summed E-state index contributed by atoms with van der Waals surface area (Å²) in [6.45, 7) is 9.96. The van der Waals surface area contributed by atoms with Gasteiger partial charge in [-0.15, -0.1) is 0 Å². The number of amides is 3. The van der Waals surface area contributed by atoms with Gasteiger partial charge in [0, 0.05) is 26.1 Å². The lowest BCUT2D eigenvalue weighted by Gasteiger charge is -2.19. The molecule has 1 rings (SSSR count). The minimum Gasteiger partial charge on any atom is -0.484 e. The zero-order valence-corrected chi connectivity index (χ0v) is 17.3. The Bertz CT molecular complexity index is 683. The van der Waals surface area contributed by atoms with Crippen LogP contribution in [-0.2, 0) is 14.3 Å². The van der Waals surface area contributed by atoms with E-state index in [1.807, 2.05) is 32.0 Å². The van der Waals surface area contributed by atoms with Crippen LogP contribution < -0.4 is 20.7 Å². The van der Waals surface area contributed by atoms with Crippen LogP contribution in [0, 0.1) is 13.8 Å². The Kier molecular flexibility index (Phi) is 9.27. The molecule has 0 saturated heterocycles. The second-order valence-electron chi connectivity index (χ2n) is 7.41. The van der Waals surface area contributed by atoms with E-state index in [4.69, 9.17) is 9.47 Å².